The van der Waals surface area contributed by atoms with Crippen LogP contribution in [0.1, 0.15) is 44.5 Å². The van der Waals surface area contributed by atoms with E-state index in [9.17, 15) is 0 Å². The maximum absolute atomic E-state index is 6.47. The van der Waals surface area contributed by atoms with Gasteiger partial charge >= 0.3 is 0 Å². The summed E-state index contributed by atoms with van der Waals surface area (Å²) in [4.78, 5) is 4.87. The standard InChI is InChI=1S/C55H37NO.C49H35N/c1-4-16-38(17-5-1)39-30-34-43(35-31-39)56(44-36-32-40(33-37-44)45-24-14-25-47-46-22-11-13-29-52(46)57-54(45)47)51-28-15-27-50-53(51)48-23-10-12-26-49(48)55(50,41-18-6-2-7-19-41)42-20-8-3-9-21-42;1-5-16-36(17-6-1)38-28-32-42(33-29-38)50(43-34-30-39(31-35-43)37-18-7-2-8-19-37)47-27-15-26-46-48(47)44-24-13-14-25-45(44)49(46,40-20-9-3-10-21-40)41-22-11-4-12-23-41/h1-37H;1-35H. The molecular formula is C104H72N2O. The first-order valence-corrected chi connectivity index (χ1v) is 36.9. The number of fused-ring (bicyclic) bond motifs is 9. The van der Waals surface area contributed by atoms with Crippen molar-refractivity contribution < 1.29 is 4.42 Å². The Morgan fingerprint density at radius 1 is 0.187 bits per heavy atom. The van der Waals surface area contributed by atoms with Crippen LogP contribution in [-0.4, -0.2) is 0 Å². The first kappa shape index (κ1) is 64.0. The molecule has 17 aromatic carbocycles. The van der Waals surface area contributed by atoms with Crippen molar-refractivity contribution in [3.63, 3.8) is 0 Å². The molecule has 18 aromatic rings. The highest BCUT2D eigenvalue weighted by Crippen LogP contribution is 2.62. The molecule has 0 radical (unpaired) electrons. The van der Waals surface area contributed by atoms with Gasteiger partial charge in [-0.2, -0.15) is 0 Å². The maximum atomic E-state index is 6.47. The van der Waals surface area contributed by atoms with Gasteiger partial charge in [0.2, 0.25) is 0 Å². The van der Waals surface area contributed by atoms with Crippen molar-refractivity contribution in [2.24, 2.45) is 0 Å². The third-order valence-corrected chi connectivity index (χ3v) is 21.9. The average molecular weight is 1370 g/mol. The van der Waals surface area contributed by atoms with Crippen molar-refractivity contribution in [2.75, 3.05) is 9.80 Å². The van der Waals surface area contributed by atoms with Crippen LogP contribution in [0.2, 0.25) is 0 Å². The molecule has 0 unspecified atom stereocenters. The molecule has 2 aliphatic carbocycles. The number of para-hydroxylation sites is 2. The number of anilines is 6. The molecule has 1 aromatic heterocycles. The Morgan fingerprint density at radius 3 is 0.832 bits per heavy atom. The van der Waals surface area contributed by atoms with Crippen LogP contribution in [0.25, 0.3) is 88.7 Å². The molecule has 0 fully saturated rings. The number of benzene rings is 17. The molecule has 0 amide bonds. The predicted octanol–water partition coefficient (Wildman–Crippen LogP) is 27.6. The summed E-state index contributed by atoms with van der Waals surface area (Å²) >= 11 is 0. The second-order valence-corrected chi connectivity index (χ2v) is 27.7. The van der Waals surface area contributed by atoms with Gasteiger partial charge in [-0.3, -0.25) is 0 Å². The number of rotatable bonds is 14. The highest BCUT2D eigenvalue weighted by molar-refractivity contribution is 6.10. The van der Waals surface area contributed by atoms with Crippen LogP contribution in [0.15, 0.2) is 441 Å². The van der Waals surface area contributed by atoms with Crippen LogP contribution in [0.3, 0.4) is 0 Å². The minimum absolute atomic E-state index is 0.468. The molecule has 3 heteroatoms. The molecule has 0 N–H and O–H groups in total. The second-order valence-electron chi connectivity index (χ2n) is 27.7. The van der Waals surface area contributed by atoms with E-state index in [4.69, 9.17) is 4.42 Å². The van der Waals surface area contributed by atoms with E-state index in [1.165, 1.54) is 100 Å². The molecule has 0 bridgehead atoms. The molecule has 107 heavy (non-hydrogen) atoms. The Kier molecular flexibility index (Phi) is 16.4. The molecule has 1 heterocycles. The molecule has 0 saturated heterocycles. The molecule has 0 spiro atoms. The number of furan rings is 1. The third kappa shape index (κ3) is 11.0. The van der Waals surface area contributed by atoms with Crippen molar-refractivity contribution >= 4 is 56.1 Å². The maximum Gasteiger partial charge on any atom is 0.143 e. The fourth-order valence-electron chi connectivity index (χ4n) is 17.2. The van der Waals surface area contributed by atoms with Crippen molar-refractivity contribution in [2.45, 2.75) is 10.8 Å². The second kappa shape index (κ2) is 27.4. The van der Waals surface area contributed by atoms with Crippen LogP contribution in [-0.2, 0) is 10.8 Å². The molecule has 504 valence electrons. The van der Waals surface area contributed by atoms with E-state index in [0.717, 1.165) is 67.2 Å². The minimum Gasteiger partial charge on any atom is -0.455 e. The van der Waals surface area contributed by atoms with Gasteiger partial charge in [0.05, 0.1) is 22.2 Å². The van der Waals surface area contributed by atoms with Crippen molar-refractivity contribution in [3.8, 4) is 66.8 Å². The van der Waals surface area contributed by atoms with Crippen LogP contribution in [0.5, 0.6) is 0 Å². The summed E-state index contributed by atoms with van der Waals surface area (Å²) in [5.74, 6) is 0. The van der Waals surface area contributed by atoms with Crippen LogP contribution < -0.4 is 9.80 Å². The lowest BCUT2D eigenvalue weighted by Crippen LogP contribution is -2.28. The average Bonchev–Trinajstić information content (AvgIpc) is 1.54. The summed E-state index contributed by atoms with van der Waals surface area (Å²) < 4.78 is 6.47. The van der Waals surface area contributed by atoms with Gasteiger partial charge in [-0.05, 0) is 161 Å². The van der Waals surface area contributed by atoms with E-state index < -0.39 is 10.8 Å². The summed E-state index contributed by atoms with van der Waals surface area (Å²) in [5.41, 5.74) is 32.1. The lowest BCUT2D eigenvalue weighted by molar-refractivity contribution is 0.670. The first-order valence-electron chi connectivity index (χ1n) is 36.9. The lowest BCUT2D eigenvalue weighted by Gasteiger charge is -2.34. The minimum atomic E-state index is -0.498. The molecule has 0 aliphatic heterocycles. The topological polar surface area (TPSA) is 19.6 Å². The predicted molar refractivity (Wildman–Crippen MR) is 446 cm³/mol. The first-order chi connectivity index (χ1) is 53.1. The Bertz CT molecular complexity index is 6020. The summed E-state index contributed by atoms with van der Waals surface area (Å²) in [7, 11) is 0. The Hall–Kier alpha value is -13.9. The van der Waals surface area contributed by atoms with Crippen molar-refractivity contribution in [1.82, 2.24) is 0 Å². The molecule has 3 nitrogen and oxygen atoms in total. The van der Waals surface area contributed by atoms with Gasteiger partial charge in [0.1, 0.15) is 11.2 Å². The largest absolute Gasteiger partial charge is 0.455 e. The number of hydrogen-bond acceptors (Lipinski definition) is 3. The van der Waals surface area contributed by atoms with Gasteiger partial charge in [-0.15, -0.1) is 0 Å². The fraction of sp³-hybridized carbons (Fsp3) is 0.0192. The normalized spacial score (nSPS) is 12.6. The zero-order valence-electron chi connectivity index (χ0n) is 58.9. The highest BCUT2D eigenvalue weighted by atomic mass is 16.3. The van der Waals surface area contributed by atoms with E-state index in [1.54, 1.807) is 0 Å². The SMILES string of the molecule is c1ccc(-c2ccc(N(c3ccc(-c4cccc5c4oc4ccccc45)cc3)c3cccc4c3-c3ccccc3C4(c3ccccc3)c3ccccc3)cc2)cc1.c1ccc(-c2ccc(N(c3ccc(-c4ccccc4)cc3)c3cccc4c3-c3ccccc3C4(c3ccccc3)c3ccccc3)cc2)cc1. The summed E-state index contributed by atoms with van der Waals surface area (Å²) in [6.45, 7) is 0. The molecule has 20 rings (SSSR count). The summed E-state index contributed by atoms with van der Waals surface area (Å²) in [6.07, 6.45) is 0. The van der Waals surface area contributed by atoms with E-state index in [0.29, 0.717) is 0 Å². The summed E-state index contributed by atoms with van der Waals surface area (Å²) in [5, 5.41) is 2.27. The van der Waals surface area contributed by atoms with E-state index in [1.807, 2.05) is 12.1 Å². The van der Waals surface area contributed by atoms with Crippen molar-refractivity contribution in [3.05, 3.63) is 481 Å². The Labute approximate surface area is 625 Å². The van der Waals surface area contributed by atoms with Gasteiger partial charge < -0.3 is 14.2 Å². The van der Waals surface area contributed by atoms with Crippen LogP contribution >= 0.6 is 0 Å². The van der Waals surface area contributed by atoms with E-state index in [-0.39, 0.29) is 0 Å². The third-order valence-electron chi connectivity index (χ3n) is 21.9. The van der Waals surface area contributed by atoms with Gasteiger partial charge in [-0.25, -0.2) is 0 Å². The van der Waals surface area contributed by atoms with Gasteiger partial charge in [0.25, 0.3) is 0 Å². The van der Waals surface area contributed by atoms with Crippen LogP contribution in [0, 0.1) is 0 Å². The molecule has 0 saturated carbocycles. The lowest BCUT2D eigenvalue weighted by atomic mass is 9.68. The molecule has 0 atom stereocenters. The summed E-state index contributed by atoms with van der Waals surface area (Å²) in [6, 6.07) is 158. The zero-order chi connectivity index (χ0) is 71.1. The van der Waals surface area contributed by atoms with E-state index in [2.05, 4.69) is 434 Å². The zero-order valence-corrected chi connectivity index (χ0v) is 58.9. The van der Waals surface area contributed by atoms with Crippen molar-refractivity contribution in [1.29, 1.82) is 0 Å². The smallest absolute Gasteiger partial charge is 0.143 e. The van der Waals surface area contributed by atoms with Gasteiger partial charge in [-0.1, -0.05) is 370 Å². The van der Waals surface area contributed by atoms with Gasteiger partial charge in [0, 0.05) is 50.2 Å². The number of nitrogens with zero attached hydrogens (tertiary/aromatic N) is 2. The Balaban J connectivity index is 0.000000147. The monoisotopic (exact) mass is 1360 g/mol. The molecule has 2 aliphatic rings. The fourth-order valence-corrected chi connectivity index (χ4v) is 17.2. The number of hydrogen-bond donors (Lipinski definition) is 0. The Morgan fingerprint density at radius 2 is 0.458 bits per heavy atom. The van der Waals surface area contributed by atoms with Crippen LogP contribution in [0.4, 0.5) is 34.1 Å². The highest BCUT2D eigenvalue weighted by Gasteiger charge is 2.49. The van der Waals surface area contributed by atoms with Gasteiger partial charge in [0.15, 0.2) is 0 Å². The molecular weight excluding hydrogens is 1290 g/mol. The quantitative estimate of drug-likeness (QED) is 0.108. The van der Waals surface area contributed by atoms with E-state index >= 15 is 0 Å².